The molecule has 0 spiro atoms. The van der Waals surface area contributed by atoms with Crippen molar-refractivity contribution in [3.05, 3.63) is 59.4 Å². The lowest BCUT2D eigenvalue weighted by Gasteiger charge is -2.29. The number of unbranched alkanes of at least 4 members (excludes halogenated alkanes) is 5. The van der Waals surface area contributed by atoms with Crippen LogP contribution in [0.5, 0.6) is 5.75 Å². The molecule has 0 unspecified atom stereocenters. The van der Waals surface area contributed by atoms with Gasteiger partial charge in [0, 0.05) is 5.56 Å². The van der Waals surface area contributed by atoms with Crippen LogP contribution in [0.3, 0.4) is 0 Å². The molecule has 0 bridgehead atoms. The Balaban J connectivity index is 1.34. The van der Waals surface area contributed by atoms with Crippen molar-refractivity contribution in [3.8, 4) is 5.75 Å². The number of benzene rings is 1. The SMILES string of the molecule is CCCCCCCCOc1ccc([C@H]2CC[C@H](CCc3ccc(F)nc3F)CC2)cc1. The monoisotopic (exact) mass is 429 g/mol. The van der Waals surface area contributed by atoms with Crippen molar-refractivity contribution in [2.24, 2.45) is 5.92 Å². The number of nitrogens with zero attached hydrogens (tertiary/aromatic N) is 1. The van der Waals surface area contributed by atoms with Gasteiger partial charge in [-0.25, -0.2) is 0 Å². The third-order valence-electron chi connectivity index (χ3n) is 6.68. The molecule has 0 N–H and O–H groups in total. The molecule has 0 radical (unpaired) electrons. The fraction of sp³-hybridized carbons (Fsp3) is 0.593. The Morgan fingerprint density at radius 3 is 2.29 bits per heavy atom. The van der Waals surface area contributed by atoms with Gasteiger partial charge in [0.05, 0.1) is 6.61 Å². The number of hydrogen-bond donors (Lipinski definition) is 0. The summed E-state index contributed by atoms with van der Waals surface area (Å²) in [7, 11) is 0. The van der Waals surface area contributed by atoms with Gasteiger partial charge in [0.15, 0.2) is 0 Å². The molecule has 1 aliphatic rings. The molecule has 31 heavy (non-hydrogen) atoms. The average Bonchev–Trinajstić information content (AvgIpc) is 2.79. The fourth-order valence-corrected chi connectivity index (χ4v) is 4.68. The van der Waals surface area contributed by atoms with Crippen LogP contribution in [0.25, 0.3) is 0 Å². The van der Waals surface area contributed by atoms with Crippen LogP contribution in [-0.2, 0) is 6.42 Å². The number of hydrogen-bond acceptors (Lipinski definition) is 2. The van der Waals surface area contributed by atoms with Crippen LogP contribution in [0.15, 0.2) is 36.4 Å². The van der Waals surface area contributed by atoms with Crippen LogP contribution < -0.4 is 4.74 Å². The topological polar surface area (TPSA) is 22.1 Å². The molecule has 1 aromatic carbocycles. The minimum absolute atomic E-state index is 0.528. The van der Waals surface area contributed by atoms with Gasteiger partial charge in [0.2, 0.25) is 11.9 Å². The van der Waals surface area contributed by atoms with Crippen LogP contribution >= 0.6 is 0 Å². The number of aryl methyl sites for hydroxylation is 1. The first-order valence-corrected chi connectivity index (χ1v) is 12.2. The van der Waals surface area contributed by atoms with Crippen LogP contribution in [0.2, 0.25) is 0 Å². The van der Waals surface area contributed by atoms with Crippen molar-refractivity contribution in [1.82, 2.24) is 4.98 Å². The van der Waals surface area contributed by atoms with Crippen LogP contribution in [0, 0.1) is 17.8 Å². The van der Waals surface area contributed by atoms with Gasteiger partial charge in [-0.3, -0.25) is 0 Å². The van der Waals surface area contributed by atoms with Crippen LogP contribution in [0.4, 0.5) is 8.78 Å². The standard InChI is InChI=1S/C27H37F2NO/c1-2-3-4-5-6-7-20-31-25-17-14-23(15-18-25)22-11-8-21(9-12-22)10-13-24-16-19-26(28)30-27(24)29/h14-19,21-22H,2-13,20H2,1H3/t21-,22-. The molecular formula is C27H37F2NO. The minimum Gasteiger partial charge on any atom is -0.494 e. The third-order valence-corrected chi connectivity index (χ3v) is 6.68. The largest absolute Gasteiger partial charge is 0.494 e. The van der Waals surface area contributed by atoms with Crippen molar-refractivity contribution in [2.45, 2.75) is 89.9 Å². The summed E-state index contributed by atoms with van der Waals surface area (Å²) >= 11 is 0. The summed E-state index contributed by atoms with van der Waals surface area (Å²) in [6.45, 7) is 3.05. The van der Waals surface area contributed by atoms with E-state index in [1.165, 1.54) is 62.6 Å². The number of pyridine rings is 1. The predicted octanol–water partition coefficient (Wildman–Crippen LogP) is 8.01. The lowest BCUT2D eigenvalue weighted by atomic mass is 9.77. The first-order valence-electron chi connectivity index (χ1n) is 12.2. The number of rotatable bonds is 12. The predicted molar refractivity (Wildman–Crippen MR) is 122 cm³/mol. The Morgan fingerprint density at radius 2 is 1.58 bits per heavy atom. The molecule has 2 nitrogen and oxygen atoms in total. The molecule has 4 heteroatoms. The molecule has 0 saturated heterocycles. The highest BCUT2D eigenvalue weighted by molar-refractivity contribution is 5.29. The second-order valence-electron chi connectivity index (χ2n) is 9.03. The maximum Gasteiger partial charge on any atom is 0.218 e. The van der Waals surface area contributed by atoms with E-state index < -0.39 is 11.9 Å². The molecule has 0 aliphatic heterocycles. The van der Waals surface area contributed by atoms with E-state index in [4.69, 9.17) is 4.74 Å². The summed E-state index contributed by atoms with van der Waals surface area (Å²) in [5, 5.41) is 0. The van der Waals surface area contributed by atoms with Gasteiger partial charge >= 0.3 is 0 Å². The second-order valence-corrected chi connectivity index (χ2v) is 9.03. The number of halogens is 2. The van der Waals surface area contributed by atoms with Gasteiger partial charge in [-0.05, 0) is 86.6 Å². The van der Waals surface area contributed by atoms with E-state index in [0.29, 0.717) is 23.8 Å². The summed E-state index contributed by atoms with van der Waals surface area (Å²) in [5.41, 5.74) is 1.93. The molecular weight excluding hydrogens is 392 g/mol. The van der Waals surface area contributed by atoms with Gasteiger partial charge in [-0.1, -0.05) is 51.2 Å². The van der Waals surface area contributed by atoms with E-state index in [9.17, 15) is 8.78 Å². The Hall–Kier alpha value is -1.97. The summed E-state index contributed by atoms with van der Waals surface area (Å²) in [6, 6.07) is 11.4. The second kappa shape index (κ2) is 12.8. The maximum absolute atomic E-state index is 13.7. The van der Waals surface area contributed by atoms with Gasteiger partial charge in [0.1, 0.15) is 5.75 Å². The Bertz CT molecular complexity index is 769. The average molecular weight is 430 g/mol. The molecule has 1 aromatic heterocycles. The molecule has 1 saturated carbocycles. The van der Waals surface area contributed by atoms with Gasteiger partial charge < -0.3 is 4.74 Å². The highest BCUT2D eigenvalue weighted by Crippen LogP contribution is 2.38. The smallest absolute Gasteiger partial charge is 0.218 e. The Morgan fingerprint density at radius 1 is 0.871 bits per heavy atom. The molecule has 1 aliphatic carbocycles. The summed E-state index contributed by atoms with van der Waals surface area (Å²) < 4.78 is 32.6. The van der Waals surface area contributed by atoms with Gasteiger partial charge in [-0.15, -0.1) is 0 Å². The van der Waals surface area contributed by atoms with E-state index in [1.54, 1.807) is 0 Å². The molecule has 0 amide bonds. The number of ether oxygens (including phenoxy) is 1. The first-order chi connectivity index (χ1) is 15.2. The van der Waals surface area contributed by atoms with Crippen LogP contribution in [0.1, 0.15) is 94.6 Å². The zero-order valence-electron chi connectivity index (χ0n) is 18.9. The first kappa shape index (κ1) is 23.7. The lowest BCUT2D eigenvalue weighted by molar-refractivity contribution is 0.302. The van der Waals surface area contributed by atoms with Crippen molar-refractivity contribution in [1.29, 1.82) is 0 Å². The van der Waals surface area contributed by atoms with Gasteiger partial charge in [-0.2, -0.15) is 13.8 Å². The zero-order valence-corrected chi connectivity index (χ0v) is 18.9. The molecule has 2 aromatic rings. The molecule has 3 rings (SSSR count). The summed E-state index contributed by atoms with van der Waals surface area (Å²) in [5.74, 6) is 0.780. The fourth-order valence-electron chi connectivity index (χ4n) is 4.68. The van der Waals surface area contributed by atoms with E-state index >= 15 is 0 Å². The Labute approximate surface area is 186 Å². The van der Waals surface area contributed by atoms with Gasteiger partial charge in [0.25, 0.3) is 0 Å². The highest BCUT2D eigenvalue weighted by Gasteiger charge is 2.22. The molecule has 1 fully saturated rings. The van der Waals surface area contributed by atoms with E-state index in [1.807, 2.05) is 0 Å². The van der Waals surface area contributed by atoms with E-state index in [2.05, 4.69) is 36.2 Å². The normalized spacial score (nSPS) is 18.8. The minimum atomic E-state index is -0.749. The molecule has 170 valence electrons. The van der Waals surface area contributed by atoms with Crippen molar-refractivity contribution < 1.29 is 13.5 Å². The third kappa shape index (κ3) is 7.90. The summed E-state index contributed by atoms with van der Waals surface area (Å²) in [4.78, 5) is 3.29. The zero-order chi connectivity index (χ0) is 21.9. The van der Waals surface area contributed by atoms with Crippen molar-refractivity contribution >= 4 is 0 Å². The van der Waals surface area contributed by atoms with Crippen molar-refractivity contribution in [3.63, 3.8) is 0 Å². The summed E-state index contributed by atoms with van der Waals surface area (Å²) in [6.07, 6.45) is 13.9. The molecule has 0 atom stereocenters. The quantitative estimate of drug-likeness (QED) is 0.252. The van der Waals surface area contributed by atoms with E-state index in [0.717, 1.165) is 38.0 Å². The maximum atomic E-state index is 13.7. The number of aromatic nitrogens is 1. The molecule has 1 heterocycles. The highest BCUT2D eigenvalue weighted by atomic mass is 19.1. The lowest BCUT2D eigenvalue weighted by Crippen LogP contribution is -2.14. The van der Waals surface area contributed by atoms with Crippen LogP contribution in [-0.4, -0.2) is 11.6 Å². The van der Waals surface area contributed by atoms with E-state index in [-0.39, 0.29) is 0 Å². The van der Waals surface area contributed by atoms with Crippen molar-refractivity contribution in [2.75, 3.05) is 6.61 Å². The Kier molecular flexibility index (Phi) is 9.77.